The van der Waals surface area contributed by atoms with Crippen LogP contribution in [0.4, 0.5) is 17.6 Å². The van der Waals surface area contributed by atoms with Gasteiger partial charge in [-0.3, -0.25) is 15.1 Å². The number of rotatable bonds is 4. The molecule has 140 valence electrons. The van der Waals surface area contributed by atoms with Gasteiger partial charge in [-0.05, 0) is 26.8 Å². The van der Waals surface area contributed by atoms with Crippen LogP contribution in [0.3, 0.4) is 0 Å². The first-order chi connectivity index (χ1) is 11.5. The average molecular weight is 364 g/mol. The van der Waals surface area contributed by atoms with E-state index in [1.54, 1.807) is 20.8 Å². The van der Waals surface area contributed by atoms with Crippen molar-refractivity contribution in [1.82, 2.24) is 10.3 Å². The summed E-state index contributed by atoms with van der Waals surface area (Å²) in [5.74, 6) is -1.71. The molecule has 0 spiro atoms. The van der Waals surface area contributed by atoms with Gasteiger partial charge in [-0.25, -0.2) is 4.39 Å². The second-order valence-electron chi connectivity index (χ2n) is 6.76. The number of alkyl halides is 3. The van der Waals surface area contributed by atoms with Crippen LogP contribution < -0.4 is 5.32 Å². The Labute approximate surface area is 142 Å². The second kappa shape index (κ2) is 6.97. The van der Waals surface area contributed by atoms with Crippen molar-refractivity contribution in [2.75, 3.05) is 19.9 Å². The number of Topliss-reactive ketones (excluding diaryl/α,β-unsaturated/α-hetero) is 1. The van der Waals surface area contributed by atoms with Crippen molar-refractivity contribution in [2.45, 2.75) is 44.5 Å². The van der Waals surface area contributed by atoms with Crippen LogP contribution in [-0.2, 0) is 26.0 Å². The zero-order valence-electron chi connectivity index (χ0n) is 14.2. The third-order valence-corrected chi connectivity index (χ3v) is 3.78. The standard InChI is InChI=1S/C16H20F4N2O3/c1-14(2,3)25-9-22-15(4-5-24-8-12(15)23)13-11(17)6-10(7-21-13)16(18,19)20/h6-7,22H,4-5,8-9H2,1-3H3. The minimum Gasteiger partial charge on any atom is -0.373 e. The van der Waals surface area contributed by atoms with Crippen molar-refractivity contribution in [1.29, 1.82) is 0 Å². The molecule has 1 N–H and O–H groups in total. The highest BCUT2D eigenvalue weighted by Gasteiger charge is 2.46. The number of nitrogens with one attached hydrogen (secondary N) is 1. The van der Waals surface area contributed by atoms with Crippen LogP contribution >= 0.6 is 0 Å². The van der Waals surface area contributed by atoms with Gasteiger partial charge in [0.25, 0.3) is 0 Å². The SMILES string of the molecule is CC(C)(C)OCNC1(c2ncc(C(F)(F)F)cc2F)CCOCC1=O. The predicted molar refractivity (Wildman–Crippen MR) is 80.2 cm³/mol. The Hall–Kier alpha value is -1.58. The minimum absolute atomic E-state index is 0.0363. The van der Waals surface area contributed by atoms with Gasteiger partial charge in [0, 0.05) is 19.2 Å². The van der Waals surface area contributed by atoms with Gasteiger partial charge in [-0.15, -0.1) is 0 Å². The van der Waals surface area contributed by atoms with Crippen molar-refractivity contribution >= 4 is 5.78 Å². The highest BCUT2D eigenvalue weighted by atomic mass is 19.4. The van der Waals surface area contributed by atoms with E-state index in [4.69, 9.17) is 9.47 Å². The van der Waals surface area contributed by atoms with Crippen LogP contribution in [0, 0.1) is 5.82 Å². The lowest BCUT2D eigenvalue weighted by molar-refractivity contribution is -0.140. The van der Waals surface area contributed by atoms with E-state index in [2.05, 4.69) is 10.3 Å². The van der Waals surface area contributed by atoms with Crippen molar-refractivity contribution in [3.8, 4) is 0 Å². The smallest absolute Gasteiger partial charge is 0.373 e. The molecule has 1 saturated heterocycles. The molecule has 0 aliphatic carbocycles. The molecule has 0 amide bonds. The molecule has 0 saturated carbocycles. The Kier molecular flexibility index (Phi) is 5.50. The summed E-state index contributed by atoms with van der Waals surface area (Å²) < 4.78 is 63.1. The third kappa shape index (κ3) is 4.53. The number of pyridine rings is 1. The van der Waals surface area contributed by atoms with Gasteiger partial charge >= 0.3 is 6.18 Å². The number of halogens is 4. The monoisotopic (exact) mass is 364 g/mol. The van der Waals surface area contributed by atoms with Gasteiger partial charge in [0.2, 0.25) is 0 Å². The summed E-state index contributed by atoms with van der Waals surface area (Å²) in [6, 6.07) is 0.346. The lowest BCUT2D eigenvalue weighted by atomic mass is 9.84. The number of aromatic nitrogens is 1. The zero-order valence-corrected chi connectivity index (χ0v) is 14.2. The number of nitrogens with zero attached hydrogens (tertiary/aromatic N) is 1. The first kappa shape index (κ1) is 19.7. The molecule has 5 nitrogen and oxygen atoms in total. The third-order valence-electron chi connectivity index (χ3n) is 3.78. The Bertz CT molecular complexity index is 643. The molecule has 0 radical (unpaired) electrons. The van der Waals surface area contributed by atoms with Gasteiger partial charge in [0.15, 0.2) is 5.78 Å². The quantitative estimate of drug-likeness (QED) is 0.658. The van der Waals surface area contributed by atoms with Crippen LogP contribution in [0.25, 0.3) is 0 Å². The molecule has 1 aromatic rings. The van der Waals surface area contributed by atoms with E-state index in [9.17, 15) is 22.4 Å². The lowest BCUT2D eigenvalue weighted by Gasteiger charge is -2.37. The predicted octanol–water partition coefficient (Wildman–Crippen LogP) is 2.79. The van der Waals surface area contributed by atoms with E-state index >= 15 is 0 Å². The maximum absolute atomic E-state index is 14.4. The highest BCUT2D eigenvalue weighted by Crippen LogP contribution is 2.34. The summed E-state index contributed by atoms with van der Waals surface area (Å²) in [4.78, 5) is 16.1. The van der Waals surface area contributed by atoms with Crippen LogP contribution in [0.5, 0.6) is 0 Å². The number of hydrogen-bond acceptors (Lipinski definition) is 5. The van der Waals surface area contributed by atoms with Gasteiger partial charge in [0.05, 0.1) is 17.9 Å². The molecule has 1 fully saturated rings. The largest absolute Gasteiger partial charge is 0.417 e. The summed E-state index contributed by atoms with van der Waals surface area (Å²) in [6.07, 6.45) is -4.16. The molecule has 1 atom stereocenters. The number of ether oxygens (including phenoxy) is 2. The maximum atomic E-state index is 14.4. The Balaban J connectivity index is 2.37. The van der Waals surface area contributed by atoms with E-state index < -0.39 is 34.5 Å². The topological polar surface area (TPSA) is 60.4 Å². The first-order valence-electron chi connectivity index (χ1n) is 7.69. The molecule has 1 unspecified atom stereocenters. The van der Waals surface area contributed by atoms with E-state index in [1.165, 1.54) is 0 Å². The van der Waals surface area contributed by atoms with Crippen LogP contribution in [0.1, 0.15) is 38.4 Å². The van der Waals surface area contributed by atoms with E-state index in [1.807, 2.05) is 0 Å². The fraction of sp³-hybridized carbons (Fsp3) is 0.625. The van der Waals surface area contributed by atoms with Crippen LogP contribution in [0.2, 0.25) is 0 Å². The molecule has 0 bridgehead atoms. The van der Waals surface area contributed by atoms with E-state index in [0.717, 1.165) is 0 Å². The summed E-state index contributed by atoms with van der Waals surface area (Å²) >= 11 is 0. The summed E-state index contributed by atoms with van der Waals surface area (Å²) in [7, 11) is 0. The number of hydrogen-bond donors (Lipinski definition) is 1. The van der Waals surface area contributed by atoms with Crippen molar-refractivity contribution < 1.29 is 31.8 Å². The van der Waals surface area contributed by atoms with Crippen LogP contribution in [-0.4, -0.2) is 36.3 Å². The van der Waals surface area contributed by atoms with Gasteiger partial charge in [-0.2, -0.15) is 13.2 Å². The second-order valence-corrected chi connectivity index (χ2v) is 6.76. The fourth-order valence-electron chi connectivity index (χ4n) is 2.46. The van der Waals surface area contributed by atoms with Gasteiger partial charge < -0.3 is 9.47 Å². The summed E-state index contributed by atoms with van der Waals surface area (Å²) in [6.45, 7) is 5.14. The first-order valence-corrected chi connectivity index (χ1v) is 7.69. The zero-order chi connectivity index (χ0) is 18.9. The Morgan fingerprint density at radius 3 is 2.56 bits per heavy atom. The van der Waals surface area contributed by atoms with Crippen LogP contribution in [0.15, 0.2) is 12.3 Å². The molecule has 1 aromatic heterocycles. The molecule has 1 aliphatic rings. The van der Waals surface area contributed by atoms with Crippen molar-refractivity contribution in [3.63, 3.8) is 0 Å². The highest BCUT2D eigenvalue weighted by molar-refractivity contribution is 5.91. The molecular weight excluding hydrogens is 344 g/mol. The molecule has 2 rings (SSSR count). The molecule has 25 heavy (non-hydrogen) atoms. The lowest BCUT2D eigenvalue weighted by Crippen LogP contribution is -2.56. The molecular formula is C16H20F4N2O3. The molecule has 0 aromatic carbocycles. The van der Waals surface area contributed by atoms with E-state index in [-0.39, 0.29) is 32.1 Å². The Morgan fingerprint density at radius 2 is 2.04 bits per heavy atom. The molecule has 9 heteroatoms. The number of ketones is 1. The fourth-order valence-corrected chi connectivity index (χ4v) is 2.46. The summed E-state index contributed by atoms with van der Waals surface area (Å²) in [5, 5.41) is 2.82. The molecule has 2 heterocycles. The van der Waals surface area contributed by atoms with Gasteiger partial charge in [-0.1, -0.05) is 0 Å². The van der Waals surface area contributed by atoms with Crippen molar-refractivity contribution in [3.05, 3.63) is 29.3 Å². The number of carbonyl (C=O) groups excluding carboxylic acids is 1. The normalized spacial score (nSPS) is 22.3. The van der Waals surface area contributed by atoms with Crippen molar-refractivity contribution in [2.24, 2.45) is 0 Å². The maximum Gasteiger partial charge on any atom is 0.417 e. The van der Waals surface area contributed by atoms with E-state index in [0.29, 0.717) is 12.3 Å². The molecule has 1 aliphatic heterocycles. The minimum atomic E-state index is -4.72. The van der Waals surface area contributed by atoms with Gasteiger partial charge in [0.1, 0.15) is 23.7 Å². The summed E-state index contributed by atoms with van der Waals surface area (Å²) in [5.41, 5.74) is -3.70. The average Bonchev–Trinajstić information content (AvgIpc) is 2.47. The number of carbonyl (C=O) groups is 1. The Morgan fingerprint density at radius 1 is 1.36 bits per heavy atom.